The van der Waals surface area contributed by atoms with Crippen LogP contribution in [0.2, 0.25) is 0 Å². The fourth-order valence-electron chi connectivity index (χ4n) is 2.91. The van der Waals surface area contributed by atoms with Gasteiger partial charge in [-0.2, -0.15) is 0 Å². The highest BCUT2D eigenvalue weighted by Crippen LogP contribution is 2.13. The van der Waals surface area contributed by atoms with Gasteiger partial charge in [0.05, 0.1) is 12.7 Å². The van der Waals surface area contributed by atoms with Gasteiger partial charge in [0.25, 0.3) is 0 Å². The lowest BCUT2D eigenvalue weighted by Gasteiger charge is -2.36. The average Bonchev–Trinajstić information content (AvgIpc) is 3.19. The number of pyridine rings is 1. The smallest absolute Gasteiger partial charge is 0.194 e. The second-order valence-electron chi connectivity index (χ2n) is 6.12. The van der Waals surface area contributed by atoms with Gasteiger partial charge in [-0.1, -0.05) is 6.07 Å². The van der Waals surface area contributed by atoms with Crippen LogP contribution in [0.15, 0.2) is 47.0 Å². The maximum absolute atomic E-state index is 5.67. The zero-order valence-corrected chi connectivity index (χ0v) is 18.9. The number of nitrogens with zero attached hydrogens (tertiary/aromatic N) is 4. The number of ether oxygens (including phenoxy) is 1. The number of hydrogen-bond acceptors (Lipinski definition) is 5. The van der Waals surface area contributed by atoms with Gasteiger partial charge in [0, 0.05) is 50.3 Å². The third-order valence-electron chi connectivity index (χ3n) is 4.22. The van der Waals surface area contributed by atoms with E-state index in [1.165, 1.54) is 4.88 Å². The lowest BCUT2D eigenvalue weighted by molar-refractivity contribution is 0.173. The number of rotatable bonds is 7. The molecule has 2 aromatic rings. The number of hydrogen-bond donors (Lipinski definition) is 1. The summed E-state index contributed by atoms with van der Waals surface area (Å²) >= 11 is 1.83. The molecule has 27 heavy (non-hydrogen) atoms. The molecule has 3 rings (SSSR count). The van der Waals surface area contributed by atoms with Gasteiger partial charge < -0.3 is 15.0 Å². The van der Waals surface area contributed by atoms with Crippen molar-refractivity contribution in [3.05, 3.63) is 46.9 Å². The molecule has 148 valence electrons. The first kappa shape index (κ1) is 21.9. The van der Waals surface area contributed by atoms with Crippen molar-refractivity contribution in [1.82, 2.24) is 20.1 Å². The molecule has 1 aliphatic rings. The predicted octanol–water partition coefficient (Wildman–Crippen LogP) is 2.92. The van der Waals surface area contributed by atoms with Gasteiger partial charge >= 0.3 is 0 Å². The highest BCUT2D eigenvalue weighted by molar-refractivity contribution is 14.0. The molecule has 0 unspecified atom stereocenters. The summed E-state index contributed by atoms with van der Waals surface area (Å²) < 4.78 is 5.67. The number of aromatic nitrogens is 1. The third-order valence-corrected chi connectivity index (χ3v) is 5.08. The van der Waals surface area contributed by atoms with Gasteiger partial charge in [0.15, 0.2) is 5.96 Å². The molecule has 0 bridgehead atoms. The van der Waals surface area contributed by atoms with Crippen molar-refractivity contribution in [3.8, 4) is 5.75 Å². The number of piperazine rings is 1. The summed E-state index contributed by atoms with van der Waals surface area (Å²) in [5.74, 6) is 1.77. The van der Waals surface area contributed by atoms with Crippen LogP contribution in [0, 0.1) is 0 Å². The Balaban J connectivity index is 0.00000261. The van der Waals surface area contributed by atoms with Crippen LogP contribution in [0.25, 0.3) is 0 Å². The lowest BCUT2D eigenvalue weighted by atomic mass is 10.3. The molecule has 2 aromatic heterocycles. The summed E-state index contributed by atoms with van der Waals surface area (Å²) in [5.41, 5.74) is 0. The molecule has 6 nitrogen and oxygen atoms in total. The Morgan fingerprint density at radius 2 is 2.11 bits per heavy atom. The van der Waals surface area contributed by atoms with E-state index in [1.807, 2.05) is 23.5 Å². The molecule has 0 aromatic carbocycles. The molecule has 3 heterocycles. The van der Waals surface area contributed by atoms with Crippen LogP contribution in [0.1, 0.15) is 11.8 Å². The Bertz CT molecular complexity index is 660. The topological polar surface area (TPSA) is 53.0 Å². The zero-order valence-electron chi connectivity index (χ0n) is 15.7. The van der Waals surface area contributed by atoms with E-state index >= 15 is 0 Å². The Labute approximate surface area is 182 Å². The molecule has 1 N–H and O–H groups in total. The van der Waals surface area contributed by atoms with Gasteiger partial charge in [-0.15, -0.1) is 35.3 Å². The molecule has 0 atom stereocenters. The molecule has 1 aliphatic heterocycles. The summed E-state index contributed by atoms with van der Waals surface area (Å²) in [5, 5.41) is 5.55. The molecular weight excluding hydrogens is 473 g/mol. The lowest BCUT2D eigenvalue weighted by Crippen LogP contribution is -2.52. The summed E-state index contributed by atoms with van der Waals surface area (Å²) in [7, 11) is 0. The first-order valence-electron chi connectivity index (χ1n) is 9.16. The first-order chi connectivity index (χ1) is 12.8. The number of nitrogens with one attached hydrogen (secondary N) is 1. The van der Waals surface area contributed by atoms with E-state index in [1.54, 1.807) is 12.4 Å². The van der Waals surface area contributed by atoms with E-state index < -0.39 is 0 Å². The van der Waals surface area contributed by atoms with Crippen LogP contribution < -0.4 is 10.1 Å². The third kappa shape index (κ3) is 7.27. The van der Waals surface area contributed by atoms with Crippen molar-refractivity contribution >= 4 is 41.3 Å². The van der Waals surface area contributed by atoms with Crippen LogP contribution >= 0.6 is 35.3 Å². The van der Waals surface area contributed by atoms with Gasteiger partial charge in [0.1, 0.15) is 12.4 Å². The Kier molecular flexibility index (Phi) is 9.85. The molecule has 0 saturated carbocycles. The van der Waals surface area contributed by atoms with E-state index in [0.717, 1.165) is 51.0 Å². The number of guanidine groups is 1. The SMILES string of the molecule is CCNC(=NCCOc1cccnc1)N1CCN(Cc2cccs2)CC1.I. The second-order valence-corrected chi connectivity index (χ2v) is 7.15. The summed E-state index contributed by atoms with van der Waals surface area (Å²) in [6, 6.07) is 8.12. The average molecular weight is 501 g/mol. The largest absolute Gasteiger partial charge is 0.490 e. The highest BCUT2D eigenvalue weighted by atomic mass is 127. The van der Waals surface area contributed by atoms with Crippen LogP contribution in [-0.4, -0.2) is 66.6 Å². The number of thiophene rings is 1. The maximum atomic E-state index is 5.67. The van der Waals surface area contributed by atoms with Crippen molar-refractivity contribution in [3.63, 3.8) is 0 Å². The van der Waals surface area contributed by atoms with Crippen LogP contribution in [0.3, 0.4) is 0 Å². The number of halogens is 1. The Morgan fingerprint density at radius 1 is 1.26 bits per heavy atom. The number of aliphatic imine (C=N–C) groups is 1. The van der Waals surface area contributed by atoms with E-state index in [0.29, 0.717) is 13.2 Å². The fraction of sp³-hybridized carbons (Fsp3) is 0.474. The molecular formula is C19H28IN5OS. The van der Waals surface area contributed by atoms with E-state index in [4.69, 9.17) is 9.73 Å². The van der Waals surface area contributed by atoms with Crippen molar-refractivity contribution < 1.29 is 4.74 Å². The molecule has 0 aliphatic carbocycles. The van der Waals surface area contributed by atoms with E-state index in [9.17, 15) is 0 Å². The van der Waals surface area contributed by atoms with Gasteiger partial charge in [-0.25, -0.2) is 4.99 Å². The minimum absolute atomic E-state index is 0. The van der Waals surface area contributed by atoms with Crippen LogP contribution in [0.5, 0.6) is 5.75 Å². The van der Waals surface area contributed by atoms with Gasteiger partial charge in [-0.3, -0.25) is 9.88 Å². The van der Waals surface area contributed by atoms with Crippen LogP contribution in [0.4, 0.5) is 0 Å². The Hall–Kier alpha value is -1.39. The highest BCUT2D eigenvalue weighted by Gasteiger charge is 2.19. The van der Waals surface area contributed by atoms with Crippen molar-refractivity contribution in [1.29, 1.82) is 0 Å². The molecule has 0 radical (unpaired) electrons. The first-order valence-corrected chi connectivity index (χ1v) is 10.0. The minimum atomic E-state index is 0. The van der Waals surface area contributed by atoms with Gasteiger partial charge in [-0.05, 0) is 30.5 Å². The molecule has 1 saturated heterocycles. The Morgan fingerprint density at radius 3 is 2.78 bits per heavy atom. The van der Waals surface area contributed by atoms with Crippen molar-refractivity contribution in [2.24, 2.45) is 4.99 Å². The van der Waals surface area contributed by atoms with Gasteiger partial charge in [0.2, 0.25) is 0 Å². The molecule has 0 amide bonds. The molecule has 0 spiro atoms. The standard InChI is InChI=1S/C19H27N5OS.HI/c1-2-21-19(22-8-13-25-17-5-3-7-20-15-17)24-11-9-23(10-12-24)16-18-6-4-14-26-18;/h3-7,14-15H,2,8-13,16H2,1H3,(H,21,22);1H. The van der Waals surface area contributed by atoms with Crippen molar-refractivity contribution in [2.45, 2.75) is 13.5 Å². The van der Waals surface area contributed by atoms with Crippen LogP contribution in [-0.2, 0) is 6.54 Å². The normalized spacial score (nSPS) is 15.3. The minimum Gasteiger partial charge on any atom is -0.490 e. The second kappa shape index (κ2) is 12.1. The van der Waals surface area contributed by atoms with E-state index in [2.05, 4.69) is 44.5 Å². The van der Waals surface area contributed by atoms with E-state index in [-0.39, 0.29) is 24.0 Å². The molecule has 1 fully saturated rings. The van der Waals surface area contributed by atoms with Crippen molar-refractivity contribution in [2.75, 3.05) is 45.9 Å². The molecule has 8 heteroatoms. The maximum Gasteiger partial charge on any atom is 0.194 e. The summed E-state index contributed by atoms with van der Waals surface area (Å²) in [6.07, 6.45) is 3.47. The zero-order chi connectivity index (χ0) is 18.0. The monoisotopic (exact) mass is 501 g/mol. The predicted molar refractivity (Wildman–Crippen MR) is 122 cm³/mol. The summed E-state index contributed by atoms with van der Waals surface area (Å²) in [4.78, 5) is 15.1. The quantitative estimate of drug-likeness (QED) is 0.274. The summed E-state index contributed by atoms with van der Waals surface area (Å²) in [6.45, 7) is 9.35. The fourth-order valence-corrected chi connectivity index (χ4v) is 3.66.